The van der Waals surface area contributed by atoms with E-state index in [9.17, 15) is 10.2 Å². The molecule has 2 nitrogen and oxygen atoms in total. The first-order chi connectivity index (χ1) is 9.43. The van der Waals surface area contributed by atoms with Crippen molar-refractivity contribution in [1.29, 1.82) is 0 Å². The standard InChI is InChI=1S/C17H19IO2/c1-4-13(14-6-5-12(19)7-10(14)2)15-9-16(18)17(20)8-11(15)3/h5-9,13,19-20H,4H2,1-3H3. The summed E-state index contributed by atoms with van der Waals surface area (Å²) in [6, 6.07) is 9.43. The van der Waals surface area contributed by atoms with Crippen LogP contribution in [0.15, 0.2) is 30.3 Å². The highest BCUT2D eigenvalue weighted by molar-refractivity contribution is 14.1. The van der Waals surface area contributed by atoms with Crippen LogP contribution in [0, 0.1) is 17.4 Å². The van der Waals surface area contributed by atoms with Crippen LogP contribution < -0.4 is 0 Å². The van der Waals surface area contributed by atoms with Gasteiger partial charge >= 0.3 is 0 Å². The Morgan fingerprint density at radius 3 is 2.25 bits per heavy atom. The molecule has 0 fully saturated rings. The Labute approximate surface area is 133 Å². The van der Waals surface area contributed by atoms with Gasteiger partial charge in [0.1, 0.15) is 11.5 Å². The summed E-state index contributed by atoms with van der Waals surface area (Å²) in [5.74, 6) is 0.923. The largest absolute Gasteiger partial charge is 0.508 e. The zero-order chi connectivity index (χ0) is 14.9. The molecule has 3 heteroatoms. The van der Waals surface area contributed by atoms with E-state index in [1.54, 1.807) is 12.1 Å². The second-order valence-corrected chi connectivity index (χ2v) is 6.32. The number of hydrogen-bond donors (Lipinski definition) is 2. The molecule has 2 N–H and O–H groups in total. The van der Waals surface area contributed by atoms with Crippen LogP contribution in [0.2, 0.25) is 0 Å². The zero-order valence-electron chi connectivity index (χ0n) is 11.9. The molecule has 0 heterocycles. The number of benzene rings is 2. The Morgan fingerprint density at radius 2 is 1.65 bits per heavy atom. The maximum atomic E-state index is 9.80. The van der Waals surface area contributed by atoms with E-state index in [-0.39, 0.29) is 5.92 Å². The van der Waals surface area contributed by atoms with E-state index < -0.39 is 0 Å². The van der Waals surface area contributed by atoms with Crippen LogP contribution in [0.5, 0.6) is 11.5 Å². The lowest BCUT2D eigenvalue weighted by molar-refractivity contribution is 0.470. The smallest absolute Gasteiger partial charge is 0.129 e. The van der Waals surface area contributed by atoms with Gasteiger partial charge in [0, 0.05) is 5.92 Å². The topological polar surface area (TPSA) is 40.5 Å². The van der Waals surface area contributed by atoms with Crippen LogP contribution in [0.4, 0.5) is 0 Å². The Bertz CT molecular complexity index is 635. The zero-order valence-corrected chi connectivity index (χ0v) is 14.1. The SMILES string of the molecule is CCC(c1ccc(O)cc1C)c1cc(I)c(O)cc1C. The summed E-state index contributed by atoms with van der Waals surface area (Å²) < 4.78 is 0.873. The molecule has 106 valence electrons. The average Bonchev–Trinajstić information content (AvgIpc) is 2.38. The lowest BCUT2D eigenvalue weighted by Crippen LogP contribution is -2.04. The molecule has 0 aliphatic carbocycles. The van der Waals surface area contributed by atoms with Gasteiger partial charge in [-0.2, -0.15) is 0 Å². The van der Waals surface area contributed by atoms with Crippen molar-refractivity contribution < 1.29 is 10.2 Å². The van der Waals surface area contributed by atoms with Crippen molar-refractivity contribution in [3.05, 3.63) is 56.2 Å². The summed E-state index contributed by atoms with van der Waals surface area (Å²) in [6.45, 7) is 6.22. The minimum Gasteiger partial charge on any atom is -0.508 e. The van der Waals surface area contributed by atoms with Crippen LogP contribution in [-0.2, 0) is 0 Å². The van der Waals surface area contributed by atoms with Crippen molar-refractivity contribution in [1.82, 2.24) is 0 Å². The molecule has 20 heavy (non-hydrogen) atoms. The van der Waals surface area contributed by atoms with E-state index in [0.29, 0.717) is 11.5 Å². The minimum absolute atomic E-state index is 0.282. The molecule has 0 saturated heterocycles. The van der Waals surface area contributed by atoms with E-state index in [4.69, 9.17) is 0 Å². The molecule has 0 spiro atoms. The predicted octanol–water partition coefficient (Wildman–Crippen LogP) is 4.86. The Hall–Kier alpha value is -1.23. The predicted molar refractivity (Wildman–Crippen MR) is 90.5 cm³/mol. The third-order valence-corrected chi connectivity index (χ3v) is 4.61. The van der Waals surface area contributed by atoms with Crippen molar-refractivity contribution in [3.8, 4) is 11.5 Å². The summed E-state index contributed by atoms with van der Waals surface area (Å²) in [7, 11) is 0. The first kappa shape index (κ1) is 15.2. The molecule has 0 bridgehead atoms. The molecular formula is C17H19IO2. The molecule has 2 aromatic rings. The second-order valence-electron chi connectivity index (χ2n) is 5.16. The highest BCUT2D eigenvalue weighted by Gasteiger charge is 2.18. The Kier molecular flexibility index (Phi) is 4.58. The number of rotatable bonds is 3. The summed E-state index contributed by atoms with van der Waals surface area (Å²) in [5, 5.41) is 19.4. The molecule has 0 saturated carbocycles. The highest BCUT2D eigenvalue weighted by atomic mass is 127. The fourth-order valence-electron chi connectivity index (χ4n) is 2.72. The summed E-state index contributed by atoms with van der Waals surface area (Å²) in [4.78, 5) is 0. The molecular weight excluding hydrogens is 363 g/mol. The van der Waals surface area contributed by atoms with Crippen LogP contribution >= 0.6 is 22.6 Å². The molecule has 1 unspecified atom stereocenters. The van der Waals surface area contributed by atoms with Gasteiger partial charge in [0.05, 0.1) is 3.57 Å². The fraction of sp³-hybridized carbons (Fsp3) is 0.294. The number of aryl methyl sites for hydroxylation is 2. The molecule has 2 rings (SSSR count). The van der Waals surface area contributed by atoms with E-state index in [0.717, 1.165) is 21.1 Å². The fourth-order valence-corrected chi connectivity index (χ4v) is 3.21. The first-order valence-corrected chi connectivity index (χ1v) is 7.80. The van der Waals surface area contributed by atoms with E-state index in [1.165, 1.54) is 11.1 Å². The van der Waals surface area contributed by atoms with Crippen molar-refractivity contribution in [3.63, 3.8) is 0 Å². The minimum atomic E-state index is 0.282. The van der Waals surface area contributed by atoms with Gasteiger partial charge in [-0.1, -0.05) is 13.0 Å². The number of aromatic hydroxyl groups is 2. The number of phenols is 2. The first-order valence-electron chi connectivity index (χ1n) is 6.72. The van der Waals surface area contributed by atoms with Gasteiger partial charge in [0.25, 0.3) is 0 Å². The number of hydrogen-bond acceptors (Lipinski definition) is 2. The van der Waals surface area contributed by atoms with Gasteiger partial charge in [-0.3, -0.25) is 0 Å². The third kappa shape index (κ3) is 2.92. The monoisotopic (exact) mass is 382 g/mol. The maximum Gasteiger partial charge on any atom is 0.129 e. The van der Waals surface area contributed by atoms with E-state index in [1.807, 2.05) is 26.0 Å². The van der Waals surface area contributed by atoms with Crippen molar-refractivity contribution in [2.24, 2.45) is 0 Å². The van der Waals surface area contributed by atoms with Gasteiger partial charge in [0.2, 0.25) is 0 Å². The molecule has 0 radical (unpaired) electrons. The van der Waals surface area contributed by atoms with Crippen LogP contribution in [0.3, 0.4) is 0 Å². The van der Waals surface area contributed by atoms with Crippen LogP contribution in [-0.4, -0.2) is 10.2 Å². The van der Waals surface area contributed by atoms with Crippen molar-refractivity contribution >= 4 is 22.6 Å². The van der Waals surface area contributed by atoms with Gasteiger partial charge in [-0.25, -0.2) is 0 Å². The number of phenolic OH excluding ortho intramolecular Hbond substituents is 2. The molecule has 0 aliphatic heterocycles. The van der Waals surface area contributed by atoms with E-state index in [2.05, 4.69) is 35.6 Å². The molecule has 0 aromatic heterocycles. The summed E-state index contributed by atoms with van der Waals surface area (Å²) >= 11 is 2.16. The highest BCUT2D eigenvalue weighted by Crippen LogP contribution is 2.36. The van der Waals surface area contributed by atoms with Crippen molar-refractivity contribution in [2.75, 3.05) is 0 Å². The normalized spacial score (nSPS) is 12.4. The third-order valence-electron chi connectivity index (χ3n) is 3.75. The van der Waals surface area contributed by atoms with Gasteiger partial charge in [0.15, 0.2) is 0 Å². The Balaban J connectivity index is 2.55. The van der Waals surface area contributed by atoms with Crippen LogP contribution in [0.25, 0.3) is 0 Å². The summed E-state index contributed by atoms with van der Waals surface area (Å²) in [5.41, 5.74) is 4.67. The van der Waals surface area contributed by atoms with Gasteiger partial charge < -0.3 is 10.2 Å². The van der Waals surface area contributed by atoms with E-state index >= 15 is 0 Å². The Morgan fingerprint density at radius 1 is 1.00 bits per heavy atom. The number of halogens is 1. The molecule has 2 aromatic carbocycles. The molecule has 0 aliphatic rings. The second kappa shape index (κ2) is 6.04. The molecule has 0 amide bonds. The molecule has 1 atom stereocenters. The van der Waals surface area contributed by atoms with Crippen molar-refractivity contribution in [2.45, 2.75) is 33.1 Å². The van der Waals surface area contributed by atoms with Crippen LogP contribution in [0.1, 0.15) is 41.5 Å². The average molecular weight is 382 g/mol. The van der Waals surface area contributed by atoms with Gasteiger partial charge in [-0.05, 0) is 89.4 Å². The maximum absolute atomic E-state index is 9.80. The summed E-state index contributed by atoms with van der Waals surface area (Å²) in [6.07, 6.45) is 0.979. The lowest BCUT2D eigenvalue weighted by Gasteiger charge is -2.21. The quantitative estimate of drug-likeness (QED) is 0.745. The lowest BCUT2D eigenvalue weighted by atomic mass is 9.84. The van der Waals surface area contributed by atoms with Gasteiger partial charge in [-0.15, -0.1) is 0 Å².